The summed E-state index contributed by atoms with van der Waals surface area (Å²) in [4.78, 5) is 2.80. The van der Waals surface area contributed by atoms with Gasteiger partial charge in [-0.3, -0.25) is 0 Å². The van der Waals surface area contributed by atoms with E-state index in [9.17, 15) is 0 Å². The van der Waals surface area contributed by atoms with Crippen molar-refractivity contribution in [2.24, 2.45) is 11.8 Å². The lowest BCUT2D eigenvalue weighted by Crippen LogP contribution is -2.44. The first kappa shape index (κ1) is 13.4. The molecule has 1 nitrogen and oxygen atoms in total. The molecular weight excluding hydrogens is 206 g/mol. The van der Waals surface area contributed by atoms with Crippen molar-refractivity contribution in [3.05, 3.63) is 6.42 Å². The zero-order valence-electron chi connectivity index (χ0n) is 11.8. The average molecular weight is 236 g/mol. The number of hydrogen-bond acceptors (Lipinski definition) is 1. The SMILES string of the molecule is CCC[C@H]1CC[C@@H](N2CC[CH]C(CC)C2)CC1. The van der Waals surface area contributed by atoms with Crippen LogP contribution in [0.25, 0.3) is 0 Å². The first-order chi connectivity index (χ1) is 8.33. The van der Waals surface area contributed by atoms with Gasteiger partial charge in [-0.15, -0.1) is 0 Å². The van der Waals surface area contributed by atoms with Gasteiger partial charge < -0.3 is 4.90 Å². The molecule has 17 heavy (non-hydrogen) atoms. The zero-order valence-corrected chi connectivity index (χ0v) is 11.8. The predicted octanol–water partition coefficient (Wildman–Crippen LogP) is 4.28. The van der Waals surface area contributed by atoms with Crippen LogP contribution in [0.1, 0.15) is 65.2 Å². The van der Waals surface area contributed by atoms with Gasteiger partial charge in [0.25, 0.3) is 0 Å². The van der Waals surface area contributed by atoms with Crippen LogP contribution in [0.15, 0.2) is 0 Å². The van der Waals surface area contributed by atoms with Gasteiger partial charge in [0.05, 0.1) is 0 Å². The van der Waals surface area contributed by atoms with E-state index in [1.54, 1.807) is 0 Å². The van der Waals surface area contributed by atoms with Crippen LogP contribution in [-0.4, -0.2) is 24.0 Å². The maximum absolute atomic E-state index is 2.80. The zero-order chi connectivity index (χ0) is 12.1. The highest BCUT2D eigenvalue weighted by Crippen LogP contribution is 2.32. The fourth-order valence-electron chi connectivity index (χ4n) is 3.78. The van der Waals surface area contributed by atoms with Crippen LogP contribution in [-0.2, 0) is 0 Å². The van der Waals surface area contributed by atoms with Crippen LogP contribution in [0.2, 0.25) is 0 Å². The second-order valence-electron chi connectivity index (χ2n) is 6.15. The predicted molar refractivity (Wildman–Crippen MR) is 74.9 cm³/mol. The number of likely N-dealkylation sites (tertiary alicyclic amines) is 1. The van der Waals surface area contributed by atoms with Gasteiger partial charge in [0.15, 0.2) is 0 Å². The van der Waals surface area contributed by atoms with E-state index < -0.39 is 0 Å². The molecule has 0 amide bonds. The fourth-order valence-corrected chi connectivity index (χ4v) is 3.78. The molecule has 1 saturated carbocycles. The summed E-state index contributed by atoms with van der Waals surface area (Å²) in [6.07, 6.45) is 14.0. The number of rotatable bonds is 4. The van der Waals surface area contributed by atoms with Crippen LogP contribution < -0.4 is 0 Å². The van der Waals surface area contributed by atoms with Crippen LogP contribution in [0.5, 0.6) is 0 Å². The summed E-state index contributed by atoms with van der Waals surface area (Å²) in [5.41, 5.74) is 0. The molecule has 1 aliphatic heterocycles. The molecule has 1 aliphatic carbocycles. The molecule has 2 aliphatic rings. The topological polar surface area (TPSA) is 3.24 Å². The summed E-state index contributed by atoms with van der Waals surface area (Å²) in [5.74, 6) is 1.92. The average Bonchev–Trinajstić information content (AvgIpc) is 2.40. The Balaban J connectivity index is 1.76. The van der Waals surface area contributed by atoms with Gasteiger partial charge in [-0.2, -0.15) is 0 Å². The lowest BCUT2D eigenvalue weighted by molar-refractivity contribution is 0.103. The standard InChI is InChI=1S/C16H30N/c1-3-6-15-8-10-16(11-9-15)17-12-5-7-14(4-2)13-17/h7,14-16H,3-6,8-13H2,1-2H3/t14?,15-,16+. The molecule has 0 bridgehead atoms. The van der Waals surface area contributed by atoms with Crippen molar-refractivity contribution in [2.75, 3.05) is 13.1 Å². The molecule has 2 fully saturated rings. The molecule has 1 saturated heterocycles. The Kier molecular flexibility index (Phi) is 5.34. The monoisotopic (exact) mass is 236 g/mol. The third kappa shape index (κ3) is 3.71. The van der Waals surface area contributed by atoms with E-state index in [4.69, 9.17) is 0 Å². The van der Waals surface area contributed by atoms with Gasteiger partial charge in [-0.05, 0) is 56.9 Å². The van der Waals surface area contributed by atoms with Gasteiger partial charge in [0.2, 0.25) is 0 Å². The Morgan fingerprint density at radius 1 is 1.12 bits per heavy atom. The molecule has 2 rings (SSSR count). The first-order valence-electron chi connectivity index (χ1n) is 7.90. The van der Waals surface area contributed by atoms with Crippen molar-refractivity contribution >= 4 is 0 Å². The minimum Gasteiger partial charge on any atom is -0.300 e. The third-order valence-electron chi connectivity index (χ3n) is 4.94. The van der Waals surface area contributed by atoms with Crippen LogP contribution >= 0.6 is 0 Å². The van der Waals surface area contributed by atoms with Gasteiger partial charge in [0, 0.05) is 12.6 Å². The molecule has 1 heteroatoms. The van der Waals surface area contributed by atoms with Crippen LogP contribution in [0.4, 0.5) is 0 Å². The molecule has 1 atom stereocenters. The van der Waals surface area contributed by atoms with Crippen molar-refractivity contribution in [2.45, 2.75) is 71.3 Å². The van der Waals surface area contributed by atoms with Crippen molar-refractivity contribution < 1.29 is 0 Å². The molecule has 0 N–H and O–H groups in total. The Hall–Kier alpha value is -0.0400. The molecule has 1 unspecified atom stereocenters. The Morgan fingerprint density at radius 3 is 2.53 bits per heavy atom. The summed E-state index contributed by atoms with van der Waals surface area (Å²) >= 11 is 0. The quantitative estimate of drug-likeness (QED) is 0.704. The summed E-state index contributed by atoms with van der Waals surface area (Å²) in [6.45, 7) is 7.35. The second kappa shape index (κ2) is 6.78. The van der Waals surface area contributed by atoms with E-state index in [1.165, 1.54) is 64.5 Å². The minimum atomic E-state index is 0.872. The fraction of sp³-hybridized carbons (Fsp3) is 0.938. The molecule has 0 aromatic carbocycles. The second-order valence-corrected chi connectivity index (χ2v) is 6.15. The molecule has 0 aromatic heterocycles. The third-order valence-corrected chi connectivity index (χ3v) is 4.94. The summed E-state index contributed by atoms with van der Waals surface area (Å²) in [5, 5.41) is 0. The minimum absolute atomic E-state index is 0.872. The number of hydrogen-bond donors (Lipinski definition) is 0. The summed E-state index contributed by atoms with van der Waals surface area (Å²) < 4.78 is 0. The largest absolute Gasteiger partial charge is 0.300 e. The Labute approximate surface area is 108 Å². The maximum Gasteiger partial charge on any atom is 0.00955 e. The smallest absolute Gasteiger partial charge is 0.00955 e. The summed E-state index contributed by atoms with van der Waals surface area (Å²) in [6, 6.07) is 0.922. The van der Waals surface area contributed by atoms with E-state index in [1.807, 2.05) is 0 Å². The number of nitrogens with zero attached hydrogens (tertiary/aromatic N) is 1. The lowest BCUT2D eigenvalue weighted by atomic mass is 9.82. The van der Waals surface area contributed by atoms with E-state index in [0.29, 0.717) is 0 Å². The van der Waals surface area contributed by atoms with E-state index in [0.717, 1.165) is 17.9 Å². The van der Waals surface area contributed by atoms with Crippen molar-refractivity contribution in [1.82, 2.24) is 4.90 Å². The first-order valence-corrected chi connectivity index (χ1v) is 7.90. The maximum atomic E-state index is 2.80. The van der Waals surface area contributed by atoms with Crippen molar-refractivity contribution in [3.8, 4) is 0 Å². The normalized spacial score (nSPS) is 36.0. The van der Waals surface area contributed by atoms with E-state index >= 15 is 0 Å². The molecule has 0 aromatic rings. The molecule has 99 valence electrons. The molecular formula is C16H30N. The summed E-state index contributed by atoms with van der Waals surface area (Å²) in [7, 11) is 0. The Bertz CT molecular complexity index is 206. The highest BCUT2D eigenvalue weighted by Gasteiger charge is 2.28. The van der Waals surface area contributed by atoms with Gasteiger partial charge in [-0.25, -0.2) is 0 Å². The highest BCUT2D eigenvalue weighted by molar-refractivity contribution is 4.89. The van der Waals surface area contributed by atoms with E-state index in [2.05, 4.69) is 25.2 Å². The van der Waals surface area contributed by atoms with Crippen LogP contribution in [0, 0.1) is 18.3 Å². The molecule has 1 heterocycles. The van der Waals surface area contributed by atoms with Crippen LogP contribution in [0.3, 0.4) is 0 Å². The van der Waals surface area contributed by atoms with Gasteiger partial charge in [0.1, 0.15) is 0 Å². The van der Waals surface area contributed by atoms with Crippen molar-refractivity contribution in [1.29, 1.82) is 0 Å². The van der Waals surface area contributed by atoms with Gasteiger partial charge in [-0.1, -0.05) is 33.1 Å². The lowest BCUT2D eigenvalue weighted by Gasteiger charge is -2.41. The van der Waals surface area contributed by atoms with Gasteiger partial charge >= 0.3 is 0 Å². The molecule has 1 radical (unpaired) electrons. The highest BCUT2D eigenvalue weighted by atomic mass is 15.2. The number of piperidine rings is 1. The molecule has 0 spiro atoms. The van der Waals surface area contributed by atoms with E-state index in [-0.39, 0.29) is 0 Å². The Morgan fingerprint density at radius 2 is 1.88 bits per heavy atom. The van der Waals surface area contributed by atoms with Crippen molar-refractivity contribution in [3.63, 3.8) is 0 Å².